The van der Waals surface area contributed by atoms with Gasteiger partial charge in [-0.3, -0.25) is 29.4 Å². The highest BCUT2D eigenvalue weighted by molar-refractivity contribution is 9.10. The Kier molecular flexibility index (Phi) is 47.3. The Balaban J connectivity index is 0.000000392. The van der Waals surface area contributed by atoms with Crippen LogP contribution in [0.15, 0.2) is 81.9 Å². The highest BCUT2D eigenvalue weighted by atomic mass is 79.9. The summed E-state index contributed by atoms with van der Waals surface area (Å²) in [5.74, 6) is 2.85. The number of fused-ring (bicyclic) bond motifs is 1. The van der Waals surface area contributed by atoms with Gasteiger partial charge in [0.2, 0.25) is 16.9 Å². The molecule has 20 nitrogen and oxygen atoms in total. The molecule has 13 rings (SSSR count). The fraction of sp³-hybridized carbons (Fsp3) is 0.577. The fourth-order valence-electron chi connectivity index (χ4n) is 12.7. The summed E-state index contributed by atoms with van der Waals surface area (Å²) in [6, 6.07) is 22.4. The molecule has 138 heavy (non-hydrogen) atoms. The van der Waals surface area contributed by atoms with Gasteiger partial charge in [-0.1, -0.05) is 297 Å². The van der Waals surface area contributed by atoms with Crippen LogP contribution in [0.3, 0.4) is 0 Å². The summed E-state index contributed by atoms with van der Waals surface area (Å²) in [5, 5.41) is 37.2. The van der Waals surface area contributed by atoms with Crippen LogP contribution in [-0.4, -0.2) is 88.3 Å². The molecule has 0 bridgehead atoms. The second kappa shape index (κ2) is 51.7. The molecule has 0 saturated carbocycles. The van der Waals surface area contributed by atoms with Crippen molar-refractivity contribution in [3.63, 3.8) is 0 Å². The van der Waals surface area contributed by atoms with E-state index in [9.17, 15) is 28.1 Å². The van der Waals surface area contributed by atoms with Crippen LogP contribution >= 0.6 is 153 Å². The van der Waals surface area contributed by atoms with E-state index in [0.29, 0.717) is 43.7 Å². The molecule has 0 spiro atoms. The number of amides is 2. The van der Waals surface area contributed by atoms with Gasteiger partial charge in [-0.25, -0.2) is 23.4 Å². The Labute approximate surface area is 886 Å². The summed E-state index contributed by atoms with van der Waals surface area (Å²) in [5.41, 5.74) is 11.6. The van der Waals surface area contributed by atoms with E-state index in [4.69, 9.17) is 55.7 Å². The standard InChI is InChI=1S/C13H18N2S.C13H17NOS.C10H16N2OS.C10H15N.C9H15NO.C9H15NS.C8H10BrClS.C8H10Cl2S.C8H10ClNO2S.C8H13N3OS.C8H16O2S/c1-9-8-10(15(5)14-9)11-6-7-12(16-11)13(2,3)4;1-5-15-9-6-7-10-11(8-9)16-12(14-10)13(2,3)4;1-6-8(10(3,4)5)12-9(14-6)11-7(2)13;1-8-5-6-9(11-7-8)10(2,3)4;1-6-8(9(3,4)5)7(2)11-10-6;1-6-8(9(3,4)5)11-7(2)10-6;2*1-8(2,3)6-4-5(9)7(10)11-6;1-8(2,3)6-4-5(10(11)12)7(9)13-6;1-5(12)9-7-11-10-6(13-7)8(2,3)4;1-8(2,3)7-4-5-11(9,10)6-7/h6-8H,1-5H3;6-8H,5H2,1-4H3;1-5H3,(H,11,12,13);5-7H,1-4H3;2*1-5H3;2*4H,1-3H3;4H,1-3H3;1-4H3,(H,9,11,12);7H,4-6H2,1-3H3. The number of pyridine rings is 1. The van der Waals surface area contributed by atoms with E-state index in [0.717, 1.165) is 64.9 Å². The molecule has 1 fully saturated rings. The number of hydrogen-bond donors (Lipinski definition) is 2. The Hall–Kier alpha value is -5.97. The number of hydrogen-bond acceptors (Lipinski definition) is 24. The molecule has 12 aromatic rings. The van der Waals surface area contributed by atoms with Gasteiger partial charge < -0.3 is 19.9 Å². The molecule has 1 aromatic carbocycles. The van der Waals surface area contributed by atoms with Crippen molar-refractivity contribution >= 4 is 201 Å². The number of carbonyl (C=O) groups is 2. The molecule has 1 unspecified atom stereocenters. The lowest BCUT2D eigenvalue weighted by Crippen LogP contribution is -2.21. The summed E-state index contributed by atoms with van der Waals surface area (Å²) >= 11 is 39.5. The maximum Gasteiger partial charge on any atom is 0.299 e. The molecule has 11 aromatic heterocycles. The lowest BCUT2D eigenvalue weighted by Gasteiger charge is -2.25. The van der Waals surface area contributed by atoms with E-state index in [1.165, 1.54) is 114 Å². The maximum absolute atomic E-state index is 11.1. The summed E-state index contributed by atoms with van der Waals surface area (Å²) in [7, 11) is -0.680. The number of halogens is 5. The van der Waals surface area contributed by atoms with Crippen LogP contribution in [0, 0.1) is 69.9 Å². The number of thiazole rings is 3. The number of sulfone groups is 1. The van der Waals surface area contributed by atoms with Crippen molar-refractivity contribution in [1.82, 2.24) is 45.1 Å². The van der Waals surface area contributed by atoms with Crippen LogP contribution < -0.4 is 15.4 Å². The Bertz CT molecular complexity index is 5890. The minimum absolute atomic E-state index is 0.00557. The molecule has 2 N–H and O–H groups in total. The molecule has 0 radical (unpaired) electrons. The third-order valence-corrected chi connectivity index (χ3v) is 35.3. The Morgan fingerprint density at radius 2 is 1.08 bits per heavy atom. The average Bonchev–Trinajstić information content (AvgIpc) is 1.65. The first-order valence-electron chi connectivity index (χ1n) is 45.8. The predicted molar refractivity (Wildman–Crippen MR) is 605 cm³/mol. The first-order valence-corrected chi connectivity index (χ1v) is 56.4. The first-order chi connectivity index (χ1) is 62.4. The number of nitro groups is 1. The monoisotopic (exact) mass is 2210 g/mol. The number of aromatic nitrogens is 9. The third-order valence-electron chi connectivity index (χ3n) is 19.9. The van der Waals surface area contributed by atoms with Crippen molar-refractivity contribution in [2.24, 2.45) is 18.4 Å². The molecule has 2 amide bonds. The Morgan fingerprint density at radius 1 is 0.551 bits per heavy atom. The highest BCUT2D eigenvalue weighted by Crippen LogP contribution is 2.44. The summed E-state index contributed by atoms with van der Waals surface area (Å²) < 4.78 is 38.7. The van der Waals surface area contributed by atoms with Crippen molar-refractivity contribution in [3.8, 4) is 16.3 Å². The van der Waals surface area contributed by atoms with E-state index in [1.54, 1.807) is 40.1 Å². The third kappa shape index (κ3) is 43.1. The summed E-state index contributed by atoms with van der Waals surface area (Å²) in [6.07, 6.45) is 2.77. The molecule has 1 aliphatic heterocycles. The zero-order chi connectivity index (χ0) is 107. The van der Waals surface area contributed by atoms with Gasteiger partial charge in [0.25, 0.3) is 5.69 Å². The SMILES string of the molecule is CC(=O)Nc1nc(C(C)(C)C)c(C)s1.CC(=O)Nc1nnc(C(C)(C)C)s1.CC(C)(C)C1CCS(=O)(=O)C1.CC(C)(C)c1cc(Br)c(Cl)s1.CC(C)(C)c1cc(Cl)c(Cl)s1.CC(C)(C)c1cc([N+](=O)[O-])c(Cl)s1.CCOc1ccc2nc(C(C)(C)C)sc2c1.Cc1cc(-c2ccc(C(C)(C)C)s2)n(C)n1.Cc1ccc(C(C)(C)C)nc1.Cc1nc(C)c(C(C)(C)C)s1.Cc1noc(C)c1C(C)(C)C. The summed E-state index contributed by atoms with van der Waals surface area (Å²) in [4.78, 5) is 58.2. The molecular formula is C104H155BrCl4N12O8S9. The quantitative estimate of drug-likeness (QED) is 0.116. The molecular weight excluding hydrogens is 2060 g/mol. The van der Waals surface area contributed by atoms with Gasteiger partial charge >= 0.3 is 0 Å². The van der Waals surface area contributed by atoms with E-state index < -0.39 is 14.8 Å². The number of benzene rings is 1. The zero-order valence-corrected chi connectivity index (χ0v) is 102. The predicted octanol–water partition coefficient (Wildman–Crippen LogP) is 34.5. The normalized spacial score (nSPS) is 13.4. The van der Waals surface area contributed by atoms with Gasteiger partial charge in [0, 0.05) is 99.8 Å². The molecule has 768 valence electrons. The van der Waals surface area contributed by atoms with Gasteiger partial charge in [-0.2, -0.15) is 5.10 Å². The van der Waals surface area contributed by atoms with Crippen molar-refractivity contribution < 1.29 is 32.2 Å². The highest BCUT2D eigenvalue weighted by Gasteiger charge is 2.36. The van der Waals surface area contributed by atoms with Crippen LogP contribution in [0.4, 0.5) is 16.0 Å². The van der Waals surface area contributed by atoms with Crippen molar-refractivity contribution in [2.75, 3.05) is 28.7 Å². The second-order valence-corrected chi connectivity index (χ2v) is 59.2. The van der Waals surface area contributed by atoms with Gasteiger partial charge in [-0.05, 0) is 182 Å². The number of nitrogens with one attached hydrogen (secondary N) is 2. The number of rotatable bonds is 6. The van der Waals surface area contributed by atoms with Crippen LogP contribution in [0.2, 0.25) is 18.0 Å². The molecule has 1 atom stereocenters. The molecule has 12 heterocycles. The number of aryl methyl sites for hydroxylation is 8. The molecule has 1 saturated heterocycles. The van der Waals surface area contributed by atoms with Crippen LogP contribution in [0.1, 0.15) is 345 Å². The van der Waals surface area contributed by atoms with E-state index in [2.05, 4.69) is 338 Å². The zero-order valence-electron chi connectivity index (χ0n) is 90.1. The largest absolute Gasteiger partial charge is 0.494 e. The molecule has 1 aliphatic rings. The molecule has 34 heteroatoms. The summed E-state index contributed by atoms with van der Waals surface area (Å²) in [6.45, 7) is 90.7. The van der Waals surface area contributed by atoms with Gasteiger partial charge in [0.15, 0.2) is 19.3 Å². The van der Waals surface area contributed by atoms with E-state index >= 15 is 0 Å². The minimum Gasteiger partial charge on any atom is -0.494 e. The van der Waals surface area contributed by atoms with Gasteiger partial charge in [0.1, 0.15) is 25.2 Å². The molecule has 0 aliphatic carbocycles. The van der Waals surface area contributed by atoms with Crippen LogP contribution in [0.25, 0.3) is 20.8 Å². The topological polar surface area (TPSA) is 266 Å². The van der Waals surface area contributed by atoms with E-state index in [-0.39, 0.29) is 81.4 Å². The van der Waals surface area contributed by atoms with Gasteiger partial charge in [0.05, 0.1) is 81.6 Å². The number of anilines is 2. The first kappa shape index (κ1) is 126. The fourth-order valence-corrected chi connectivity index (χ4v) is 24.3. The number of ether oxygens (including phenoxy) is 1. The second-order valence-electron chi connectivity index (χ2n) is 45.3. The maximum atomic E-state index is 11.1. The average molecular weight is 2210 g/mol. The van der Waals surface area contributed by atoms with Crippen LogP contribution in [-0.2, 0) is 80.6 Å². The van der Waals surface area contributed by atoms with E-state index in [1.807, 2.05) is 114 Å². The smallest absolute Gasteiger partial charge is 0.299 e. The number of carbonyl (C=O) groups excluding carboxylic acids is 2. The Morgan fingerprint density at radius 3 is 1.40 bits per heavy atom. The van der Waals surface area contributed by atoms with Gasteiger partial charge in [-0.15, -0.1) is 89.6 Å². The number of thiophene rings is 4. The lowest BCUT2D eigenvalue weighted by atomic mass is 9.81. The lowest BCUT2D eigenvalue weighted by molar-refractivity contribution is -0.384. The van der Waals surface area contributed by atoms with Crippen molar-refractivity contribution in [1.29, 1.82) is 0 Å². The number of nitrogens with zero attached hydrogens (tertiary/aromatic N) is 10. The van der Waals surface area contributed by atoms with Crippen molar-refractivity contribution in [2.45, 2.75) is 358 Å². The van der Waals surface area contributed by atoms with Crippen molar-refractivity contribution in [3.05, 3.63) is 195 Å². The van der Waals surface area contributed by atoms with Crippen LogP contribution in [0.5, 0.6) is 5.75 Å². The minimum atomic E-state index is -2.68.